The van der Waals surface area contributed by atoms with E-state index in [2.05, 4.69) is 50.5 Å². The van der Waals surface area contributed by atoms with Gasteiger partial charge < -0.3 is 15.4 Å². The van der Waals surface area contributed by atoms with Crippen molar-refractivity contribution in [3.8, 4) is 0 Å². The summed E-state index contributed by atoms with van der Waals surface area (Å²) in [7, 11) is 0. The molecule has 1 atom stereocenters. The van der Waals surface area contributed by atoms with Gasteiger partial charge in [0.15, 0.2) is 0 Å². The Morgan fingerprint density at radius 2 is 1.74 bits per heavy atom. The minimum atomic E-state index is -0.466. The van der Waals surface area contributed by atoms with Crippen LogP contribution >= 0.6 is 0 Å². The van der Waals surface area contributed by atoms with Gasteiger partial charge in [-0.2, -0.15) is 0 Å². The van der Waals surface area contributed by atoms with Crippen LogP contribution in [0, 0.1) is 20.8 Å². The second-order valence-electron chi connectivity index (χ2n) is 7.26. The highest BCUT2D eigenvalue weighted by Gasteiger charge is 2.18. The zero-order valence-electron chi connectivity index (χ0n) is 15.7. The molecule has 0 saturated heterocycles. The fraction of sp³-hybridized carbons (Fsp3) is 0.632. The normalized spacial score (nSPS) is 12.8. The molecule has 1 amide bonds. The van der Waals surface area contributed by atoms with Gasteiger partial charge in [0, 0.05) is 19.1 Å². The number of aryl methyl sites for hydroxylation is 3. The fourth-order valence-corrected chi connectivity index (χ4v) is 2.63. The molecule has 2 N–H and O–H groups in total. The van der Waals surface area contributed by atoms with Gasteiger partial charge in [-0.1, -0.05) is 24.6 Å². The van der Waals surface area contributed by atoms with Crippen molar-refractivity contribution in [1.82, 2.24) is 10.6 Å². The molecule has 4 heteroatoms. The standard InChI is InChI=1S/C19H32N2O2/c1-8-16(21-18(22)23-19(5,6)7)11-20-12-17-14(3)9-13(2)10-15(17)4/h9-10,16,20H,8,11-12H2,1-7H3,(H,21,22). The minimum Gasteiger partial charge on any atom is -0.444 e. The molecule has 0 radical (unpaired) electrons. The molecule has 0 aromatic heterocycles. The van der Waals surface area contributed by atoms with Crippen LogP contribution in [0.3, 0.4) is 0 Å². The first kappa shape index (κ1) is 19.5. The molecule has 0 spiro atoms. The molecule has 0 bridgehead atoms. The number of rotatable bonds is 6. The number of ether oxygens (including phenoxy) is 1. The maximum atomic E-state index is 11.8. The van der Waals surface area contributed by atoms with Gasteiger partial charge in [0.1, 0.15) is 5.60 Å². The van der Waals surface area contributed by atoms with Crippen molar-refractivity contribution in [2.24, 2.45) is 0 Å². The highest BCUT2D eigenvalue weighted by molar-refractivity contribution is 5.68. The van der Waals surface area contributed by atoms with Crippen LogP contribution in [0.15, 0.2) is 12.1 Å². The maximum Gasteiger partial charge on any atom is 0.407 e. The average Bonchev–Trinajstić information content (AvgIpc) is 2.38. The van der Waals surface area contributed by atoms with Gasteiger partial charge in [-0.15, -0.1) is 0 Å². The second-order valence-corrected chi connectivity index (χ2v) is 7.26. The number of hydrogen-bond donors (Lipinski definition) is 2. The van der Waals surface area contributed by atoms with Crippen molar-refractivity contribution < 1.29 is 9.53 Å². The van der Waals surface area contributed by atoms with E-state index >= 15 is 0 Å². The van der Waals surface area contributed by atoms with E-state index in [0.29, 0.717) is 0 Å². The Morgan fingerprint density at radius 3 is 2.22 bits per heavy atom. The molecule has 1 aromatic carbocycles. The summed E-state index contributed by atoms with van der Waals surface area (Å²) >= 11 is 0. The summed E-state index contributed by atoms with van der Waals surface area (Å²) in [5, 5.41) is 6.38. The van der Waals surface area contributed by atoms with Gasteiger partial charge >= 0.3 is 6.09 Å². The Balaban J connectivity index is 2.51. The van der Waals surface area contributed by atoms with Crippen molar-refractivity contribution in [2.45, 2.75) is 73.1 Å². The molecule has 0 aliphatic carbocycles. The predicted octanol–water partition coefficient (Wildman–Crippen LogP) is 4.00. The lowest BCUT2D eigenvalue weighted by Gasteiger charge is -2.23. The molecular formula is C19H32N2O2. The number of carbonyl (C=O) groups is 1. The molecule has 1 rings (SSSR count). The number of benzene rings is 1. The van der Waals surface area contributed by atoms with Crippen molar-refractivity contribution in [1.29, 1.82) is 0 Å². The Morgan fingerprint density at radius 1 is 1.17 bits per heavy atom. The molecular weight excluding hydrogens is 288 g/mol. The van der Waals surface area contributed by atoms with E-state index in [1.165, 1.54) is 22.3 Å². The monoisotopic (exact) mass is 320 g/mol. The molecule has 4 nitrogen and oxygen atoms in total. The van der Waals surface area contributed by atoms with Gasteiger partial charge in [0.25, 0.3) is 0 Å². The first-order valence-corrected chi connectivity index (χ1v) is 8.39. The molecule has 23 heavy (non-hydrogen) atoms. The number of hydrogen-bond acceptors (Lipinski definition) is 3. The van der Waals surface area contributed by atoms with E-state index in [4.69, 9.17) is 4.74 Å². The molecule has 0 heterocycles. The van der Waals surface area contributed by atoms with Gasteiger partial charge in [-0.3, -0.25) is 0 Å². The van der Waals surface area contributed by atoms with E-state index in [0.717, 1.165) is 19.5 Å². The Bertz CT molecular complexity index is 510. The summed E-state index contributed by atoms with van der Waals surface area (Å²) in [5.74, 6) is 0. The minimum absolute atomic E-state index is 0.0657. The number of nitrogens with one attached hydrogen (secondary N) is 2. The summed E-state index contributed by atoms with van der Waals surface area (Å²) in [6.45, 7) is 15.6. The third-order valence-electron chi connectivity index (χ3n) is 3.75. The molecule has 0 aliphatic rings. The van der Waals surface area contributed by atoms with Crippen LogP contribution in [0.4, 0.5) is 4.79 Å². The van der Waals surface area contributed by atoms with Gasteiger partial charge in [0.2, 0.25) is 0 Å². The zero-order valence-corrected chi connectivity index (χ0v) is 15.7. The van der Waals surface area contributed by atoms with Crippen LogP contribution < -0.4 is 10.6 Å². The van der Waals surface area contributed by atoms with E-state index in [-0.39, 0.29) is 12.1 Å². The van der Waals surface area contributed by atoms with Crippen LogP contribution in [-0.2, 0) is 11.3 Å². The van der Waals surface area contributed by atoms with Crippen LogP contribution in [0.2, 0.25) is 0 Å². The second kappa shape index (κ2) is 8.34. The Labute approximate surface area is 141 Å². The lowest BCUT2D eigenvalue weighted by Crippen LogP contribution is -2.43. The zero-order chi connectivity index (χ0) is 17.6. The van der Waals surface area contributed by atoms with Crippen LogP contribution in [0.1, 0.15) is 56.4 Å². The van der Waals surface area contributed by atoms with E-state index < -0.39 is 5.60 Å². The topological polar surface area (TPSA) is 50.4 Å². The summed E-state index contributed by atoms with van der Waals surface area (Å²) < 4.78 is 5.31. The predicted molar refractivity (Wildman–Crippen MR) is 95.8 cm³/mol. The molecule has 0 aliphatic heterocycles. The Hall–Kier alpha value is -1.55. The maximum absolute atomic E-state index is 11.8. The molecule has 130 valence electrons. The van der Waals surface area contributed by atoms with Crippen LogP contribution in [-0.4, -0.2) is 24.3 Å². The van der Waals surface area contributed by atoms with Crippen LogP contribution in [0.5, 0.6) is 0 Å². The third kappa shape index (κ3) is 7.04. The van der Waals surface area contributed by atoms with Crippen molar-refractivity contribution in [3.05, 3.63) is 34.4 Å². The molecule has 1 unspecified atom stereocenters. The van der Waals surface area contributed by atoms with Gasteiger partial charge in [0.05, 0.1) is 0 Å². The van der Waals surface area contributed by atoms with E-state index in [9.17, 15) is 4.79 Å². The smallest absolute Gasteiger partial charge is 0.407 e. The summed E-state index contributed by atoms with van der Waals surface area (Å²) in [6, 6.07) is 4.48. The van der Waals surface area contributed by atoms with Gasteiger partial charge in [-0.05, 0) is 64.7 Å². The number of carbonyl (C=O) groups excluding carboxylic acids is 1. The van der Waals surface area contributed by atoms with Crippen LogP contribution in [0.25, 0.3) is 0 Å². The summed E-state index contributed by atoms with van der Waals surface area (Å²) in [6.07, 6.45) is 0.506. The fourth-order valence-electron chi connectivity index (χ4n) is 2.63. The quantitative estimate of drug-likeness (QED) is 0.833. The highest BCUT2D eigenvalue weighted by Crippen LogP contribution is 2.16. The first-order chi connectivity index (χ1) is 10.6. The first-order valence-electron chi connectivity index (χ1n) is 8.39. The lowest BCUT2D eigenvalue weighted by molar-refractivity contribution is 0.0502. The lowest BCUT2D eigenvalue weighted by atomic mass is 10.00. The molecule has 1 aromatic rings. The van der Waals surface area contributed by atoms with Crippen molar-refractivity contribution in [2.75, 3.05) is 6.54 Å². The van der Waals surface area contributed by atoms with Crippen molar-refractivity contribution >= 4 is 6.09 Å². The summed E-state index contributed by atoms with van der Waals surface area (Å²) in [4.78, 5) is 11.8. The van der Waals surface area contributed by atoms with E-state index in [1.54, 1.807) is 0 Å². The SMILES string of the molecule is CCC(CNCc1c(C)cc(C)cc1C)NC(=O)OC(C)(C)C. The van der Waals surface area contributed by atoms with Crippen molar-refractivity contribution in [3.63, 3.8) is 0 Å². The highest BCUT2D eigenvalue weighted by atomic mass is 16.6. The third-order valence-corrected chi connectivity index (χ3v) is 3.75. The average molecular weight is 320 g/mol. The molecule has 0 saturated carbocycles. The number of amides is 1. The molecule has 0 fully saturated rings. The Kier molecular flexibility index (Phi) is 7.07. The van der Waals surface area contributed by atoms with Gasteiger partial charge in [-0.25, -0.2) is 4.79 Å². The van der Waals surface area contributed by atoms with E-state index in [1.807, 2.05) is 20.8 Å². The summed E-state index contributed by atoms with van der Waals surface area (Å²) in [5.41, 5.74) is 4.78. The number of alkyl carbamates (subject to hydrolysis) is 1. The largest absolute Gasteiger partial charge is 0.444 e.